The van der Waals surface area contributed by atoms with Gasteiger partial charge in [-0.2, -0.15) is 0 Å². The zero-order valence-electron chi connectivity index (χ0n) is 37.3. The Balaban J connectivity index is 1.92. The van der Waals surface area contributed by atoms with Gasteiger partial charge in [0.05, 0.1) is 0 Å². The topological polar surface area (TPSA) is 25.3 Å². The van der Waals surface area contributed by atoms with Crippen molar-refractivity contribution in [1.29, 1.82) is 0 Å². The summed E-state index contributed by atoms with van der Waals surface area (Å²) < 4.78 is 1.54. The van der Waals surface area contributed by atoms with Crippen LogP contribution in [-0.4, -0.2) is 4.70 Å². The highest BCUT2D eigenvalue weighted by Gasteiger charge is 2.36. The van der Waals surface area contributed by atoms with E-state index in [1.54, 1.807) is 4.70 Å². The third kappa shape index (κ3) is 15.2. The van der Waals surface area contributed by atoms with Gasteiger partial charge in [-0.3, -0.25) is 0 Å². The summed E-state index contributed by atoms with van der Waals surface area (Å²) in [6.07, 6.45) is 34.0. The first kappa shape index (κ1) is 46.5. The zero-order valence-corrected chi connectivity index (χ0v) is 37.3. The molecule has 0 N–H and O–H groups in total. The normalized spacial score (nSPS) is 13.0. The van der Waals surface area contributed by atoms with Gasteiger partial charge in [0.2, 0.25) is 11.4 Å². The molecule has 0 saturated carbocycles. The Morgan fingerprint density at radius 1 is 0.436 bits per heavy atom. The number of hydrogen-bond donors (Lipinski definition) is 0. The summed E-state index contributed by atoms with van der Waals surface area (Å²) in [5.74, 6) is 7.37. The highest BCUT2D eigenvalue weighted by molar-refractivity contribution is 5.86. The monoisotopic (exact) mass is 747 g/mol. The highest BCUT2D eigenvalue weighted by atomic mass is 15.2. The summed E-state index contributed by atoms with van der Waals surface area (Å²) in [4.78, 5) is 0. The Morgan fingerprint density at radius 3 is 1.22 bits per heavy atom. The average Bonchev–Trinajstić information content (AvgIpc) is 3.43. The number of nitrogens with zero attached hydrogens (tertiary/aromatic N) is 2. The molecule has 0 bridgehead atoms. The van der Waals surface area contributed by atoms with E-state index in [4.69, 9.17) is 0 Å². The van der Waals surface area contributed by atoms with E-state index in [9.17, 15) is 5.53 Å². The lowest BCUT2D eigenvalue weighted by atomic mass is 9.90. The van der Waals surface area contributed by atoms with Gasteiger partial charge < -0.3 is 5.53 Å². The van der Waals surface area contributed by atoms with Crippen LogP contribution in [0.5, 0.6) is 0 Å². The number of allylic oxidation sites excluding steroid dienone is 2. The molecule has 0 atom stereocenters. The molecule has 0 aromatic heterocycles. The molecule has 1 aliphatic heterocycles. The number of rotatable bonds is 28. The maximum atomic E-state index is 12.4. The summed E-state index contributed by atoms with van der Waals surface area (Å²) in [6, 6.07) is 9.35. The van der Waals surface area contributed by atoms with Crippen LogP contribution in [0.1, 0.15) is 233 Å². The SMILES string of the molecule is CCCCCCCCCCCCCCC#CC1=C(c2cc(C)c(CCCCCC)c(C)c2)[N+](=[N-])C(c2cc(C)c(CCCCCC)c(C)c2)=C1CCCCC. The lowest BCUT2D eigenvalue weighted by molar-refractivity contribution is -0.345. The second kappa shape index (κ2) is 26.8. The Bertz CT molecular complexity index is 1540. The minimum absolute atomic E-state index is 0.881. The number of benzene rings is 2. The molecule has 0 aliphatic carbocycles. The fourth-order valence-electron chi connectivity index (χ4n) is 8.81. The summed E-state index contributed by atoms with van der Waals surface area (Å²) in [6.45, 7) is 18.2. The van der Waals surface area contributed by atoms with Crippen LogP contribution < -0.4 is 0 Å². The molecule has 1 heterocycles. The first-order chi connectivity index (χ1) is 26.8. The standard InChI is InChI=1S/C53H82N2/c1-9-13-17-20-21-22-23-24-25-26-27-28-29-33-37-51-50(36-30-16-12-4)52(46-38-42(5)48(43(6)39-46)34-31-18-14-10-2)55(54)53(51)47-40-44(7)49(45(8)41-47)35-32-19-15-11-3/h38-41H,9-32,34-36H2,1-8H3. The minimum atomic E-state index is 0.881. The van der Waals surface area contributed by atoms with E-state index < -0.39 is 0 Å². The summed E-state index contributed by atoms with van der Waals surface area (Å²) in [7, 11) is 0. The Hall–Kier alpha value is -2.92. The van der Waals surface area contributed by atoms with E-state index in [1.165, 1.54) is 174 Å². The third-order valence-electron chi connectivity index (χ3n) is 12.1. The van der Waals surface area contributed by atoms with Gasteiger partial charge in [0, 0.05) is 23.1 Å². The number of hydrogen-bond acceptors (Lipinski definition) is 0. The Kier molecular flexibility index (Phi) is 22.7. The van der Waals surface area contributed by atoms with Crippen LogP contribution in [0.25, 0.3) is 16.9 Å². The van der Waals surface area contributed by atoms with E-state index >= 15 is 0 Å². The summed E-state index contributed by atoms with van der Waals surface area (Å²) in [5, 5.41) is 0. The predicted molar refractivity (Wildman–Crippen MR) is 243 cm³/mol. The molecule has 0 unspecified atom stereocenters. The van der Waals surface area contributed by atoms with Crippen molar-refractivity contribution in [2.75, 3.05) is 0 Å². The molecule has 2 aromatic rings. The Morgan fingerprint density at radius 2 is 0.782 bits per heavy atom. The van der Waals surface area contributed by atoms with Gasteiger partial charge in [0.1, 0.15) is 5.57 Å². The van der Waals surface area contributed by atoms with Crippen LogP contribution in [0.3, 0.4) is 0 Å². The molecule has 0 amide bonds. The molecule has 2 heteroatoms. The van der Waals surface area contributed by atoms with Crippen LogP contribution >= 0.6 is 0 Å². The maximum absolute atomic E-state index is 12.4. The van der Waals surface area contributed by atoms with E-state index in [0.717, 1.165) is 66.6 Å². The summed E-state index contributed by atoms with van der Waals surface area (Å²) >= 11 is 0. The minimum Gasteiger partial charge on any atom is -0.493 e. The van der Waals surface area contributed by atoms with Crippen molar-refractivity contribution >= 4 is 11.4 Å². The average molecular weight is 747 g/mol. The fraction of sp³-hybridized carbons (Fsp3) is 0.660. The molecule has 0 saturated heterocycles. The second-order valence-corrected chi connectivity index (χ2v) is 17.1. The van der Waals surface area contributed by atoms with E-state index in [-0.39, 0.29) is 0 Å². The van der Waals surface area contributed by atoms with Crippen LogP contribution in [0, 0.1) is 39.5 Å². The summed E-state index contributed by atoms with van der Waals surface area (Å²) in [5.41, 5.74) is 27.0. The van der Waals surface area contributed by atoms with Gasteiger partial charge in [-0.15, -0.1) is 0 Å². The van der Waals surface area contributed by atoms with Crippen LogP contribution in [-0.2, 0) is 12.8 Å². The first-order valence-electron chi connectivity index (χ1n) is 23.4. The van der Waals surface area contributed by atoms with Gasteiger partial charge in [0.25, 0.3) is 0 Å². The van der Waals surface area contributed by atoms with Gasteiger partial charge in [-0.25, -0.2) is 4.70 Å². The molecular weight excluding hydrogens is 665 g/mol. The van der Waals surface area contributed by atoms with Crippen molar-refractivity contribution in [2.24, 2.45) is 0 Å². The van der Waals surface area contributed by atoms with Crippen molar-refractivity contribution < 1.29 is 4.70 Å². The molecule has 3 rings (SSSR count). The van der Waals surface area contributed by atoms with Crippen molar-refractivity contribution in [2.45, 2.75) is 229 Å². The van der Waals surface area contributed by atoms with Gasteiger partial charge in [-0.05, 0) is 130 Å². The van der Waals surface area contributed by atoms with Gasteiger partial charge >= 0.3 is 0 Å². The van der Waals surface area contributed by atoms with Gasteiger partial charge in [0.15, 0.2) is 0 Å². The molecule has 0 radical (unpaired) electrons. The van der Waals surface area contributed by atoms with Crippen LogP contribution in [0.4, 0.5) is 0 Å². The van der Waals surface area contributed by atoms with Crippen molar-refractivity contribution in [3.05, 3.63) is 85.5 Å². The molecule has 304 valence electrons. The quantitative estimate of drug-likeness (QED) is 0.0471. The molecule has 55 heavy (non-hydrogen) atoms. The molecular formula is C53H82N2. The maximum Gasteiger partial charge on any atom is 0.223 e. The molecule has 0 fully saturated rings. The fourth-order valence-corrected chi connectivity index (χ4v) is 8.81. The molecule has 0 spiro atoms. The first-order valence-corrected chi connectivity index (χ1v) is 23.4. The zero-order chi connectivity index (χ0) is 39.8. The number of unbranched alkanes of at least 4 members (excludes halogenated alkanes) is 20. The third-order valence-corrected chi connectivity index (χ3v) is 12.1. The highest BCUT2D eigenvalue weighted by Crippen LogP contribution is 2.44. The smallest absolute Gasteiger partial charge is 0.223 e. The Labute approximate surface area is 341 Å². The predicted octanol–water partition coefficient (Wildman–Crippen LogP) is 17.0. The van der Waals surface area contributed by atoms with Crippen molar-refractivity contribution in [1.82, 2.24) is 0 Å². The van der Waals surface area contributed by atoms with Crippen LogP contribution in [0.2, 0.25) is 0 Å². The van der Waals surface area contributed by atoms with Crippen molar-refractivity contribution in [3.63, 3.8) is 0 Å². The molecule has 2 nitrogen and oxygen atoms in total. The molecule has 1 aliphatic rings. The lowest BCUT2D eigenvalue weighted by Crippen LogP contribution is -2.06. The molecule has 2 aromatic carbocycles. The van der Waals surface area contributed by atoms with E-state index in [2.05, 4.69) is 91.5 Å². The van der Waals surface area contributed by atoms with E-state index in [1.807, 2.05) is 0 Å². The van der Waals surface area contributed by atoms with Crippen LogP contribution in [0.15, 0.2) is 35.4 Å². The van der Waals surface area contributed by atoms with Crippen molar-refractivity contribution in [3.8, 4) is 11.8 Å². The second-order valence-electron chi connectivity index (χ2n) is 17.1. The number of aryl methyl sites for hydroxylation is 4. The lowest BCUT2D eigenvalue weighted by Gasteiger charge is -2.16. The van der Waals surface area contributed by atoms with E-state index in [0.29, 0.717) is 0 Å². The largest absolute Gasteiger partial charge is 0.493 e. The van der Waals surface area contributed by atoms with Gasteiger partial charge in [-0.1, -0.05) is 162 Å².